The highest BCUT2D eigenvalue weighted by molar-refractivity contribution is 5.82. The average Bonchev–Trinajstić information content (AvgIpc) is 3.22. The first kappa shape index (κ1) is 16.0. The van der Waals surface area contributed by atoms with E-state index >= 15 is 0 Å². The van der Waals surface area contributed by atoms with Crippen molar-refractivity contribution in [2.75, 3.05) is 0 Å². The minimum absolute atomic E-state index is 0.861. The molecule has 0 aliphatic rings. The Labute approximate surface area is 167 Å². The summed E-state index contributed by atoms with van der Waals surface area (Å²) in [5.41, 5.74) is 6.60. The molecule has 0 saturated heterocycles. The number of pyridine rings is 3. The topological polar surface area (TPSA) is 43.1 Å². The van der Waals surface area contributed by atoms with Crippen molar-refractivity contribution in [3.05, 3.63) is 97.3 Å². The van der Waals surface area contributed by atoms with Crippen molar-refractivity contribution in [1.82, 2.24) is 19.4 Å². The highest BCUT2D eigenvalue weighted by atomic mass is 15.0. The summed E-state index contributed by atoms with van der Waals surface area (Å²) in [5, 5.41) is 2.27. The van der Waals surface area contributed by atoms with E-state index in [9.17, 15) is 0 Å². The molecule has 4 heteroatoms. The Morgan fingerprint density at radius 3 is 1.90 bits per heavy atom. The molecule has 0 bridgehead atoms. The second-order valence-corrected chi connectivity index (χ2v) is 7.09. The molecule has 0 fully saturated rings. The quantitative estimate of drug-likeness (QED) is 0.388. The van der Waals surface area contributed by atoms with Gasteiger partial charge in [0.15, 0.2) is 0 Å². The van der Waals surface area contributed by atoms with Crippen molar-refractivity contribution in [3.63, 3.8) is 0 Å². The van der Waals surface area contributed by atoms with Crippen LogP contribution in [0.25, 0.3) is 50.1 Å². The van der Waals surface area contributed by atoms with Gasteiger partial charge in [0.2, 0.25) is 0 Å². The fourth-order valence-corrected chi connectivity index (χ4v) is 3.70. The van der Waals surface area contributed by atoms with Gasteiger partial charge < -0.3 is 4.40 Å². The summed E-state index contributed by atoms with van der Waals surface area (Å²) in [6.45, 7) is 0. The molecule has 0 saturated carbocycles. The number of para-hydroxylation sites is 2. The Morgan fingerprint density at radius 2 is 1.14 bits per heavy atom. The van der Waals surface area contributed by atoms with Crippen molar-refractivity contribution in [1.29, 1.82) is 0 Å². The second-order valence-electron chi connectivity index (χ2n) is 7.09. The standard InChI is InChI=1S/C25H16N4/c1-3-7-20-17(5-1)9-12-22(26-20)19-11-14-25-28-24(16-29(25)15-19)23-13-10-18-6-2-4-8-21(18)27-23/h1-16H. The van der Waals surface area contributed by atoms with Gasteiger partial charge in [0.05, 0.1) is 22.4 Å². The Morgan fingerprint density at radius 1 is 0.483 bits per heavy atom. The largest absolute Gasteiger partial charge is 0.306 e. The van der Waals surface area contributed by atoms with Crippen molar-refractivity contribution >= 4 is 27.5 Å². The summed E-state index contributed by atoms with van der Waals surface area (Å²) in [6, 6.07) is 28.7. The third-order valence-corrected chi connectivity index (χ3v) is 5.21. The van der Waals surface area contributed by atoms with Crippen molar-refractivity contribution in [3.8, 4) is 22.6 Å². The third-order valence-electron chi connectivity index (χ3n) is 5.21. The number of hydrogen-bond donors (Lipinski definition) is 0. The summed E-state index contributed by atoms with van der Waals surface area (Å²) in [5.74, 6) is 0. The molecule has 0 aliphatic carbocycles. The molecule has 0 spiro atoms. The van der Waals surface area contributed by atoms with Gasteiger partial charge >= 0.3 is 0 Å². The van der Waals surface area contributed by atoms with Crippen molar-refractivity contribution in [2.45, 2.75) is 0 Å². The summed E-state index contributed by atoms with van der Waals surface area (Å²) < 4.78 is 2.04. The number of rotatable bonds is 2. The lowest BCUT2D eigenvalue weighted by atomic mass is 10.1. The van der Waals surface area contributed by atoms with E-state index in [1.807, 2.05) is 59.1 Å². The predicted molar refractivity (Wildman–Crippen MR) is 117 cm³/mol. The molecule has 4 aromatic heterocycles. The van der Waals surface area contributed by atoms with E-state index in [1.54, 1.807) is 0 Å². The van der Waals surface area contributed by atoms with Gasteiger partial charge in [-0.1, -0.05) is 48.5 Å². The first-order chi connectivity index (χ1) is 14.3. The van der Waals surface area contributed by atoms with Crippen LogP contribution in [0.1, 0.15) is 0 Å². The molecule has 6 rings (SSSR count). The summed E-state index contributed by atoms with van der Waals surface area (Å²) in [4.78, 5) is 14.3. The second kappa shape index (κ2) is 6.24. The van der Waals surface area contributed by atoms with Crippen LogP contribution in [0.2, 0.25) is 0 Å². The van der Waals surface area contributed by atoms with Gasteiger partial charge in [0, 0.05) is 28.7 Å². The molecule has 0 N–H and O–H groups in total. The molecule has 29 heavy (non-hydrogen) atoms. The Bertz CT molecular complexity index is 1440. The normalized spacial score (nSPS) is 11.4. The monoisotopic (exact) mass is 372 g/mol. The smallest absolute Gasteiger partial charge is 0.137 e. The number of benzene rings is 2. The van der Waals surface area contributed by atoms with E-state index in [0.717, 1.165) is 50.1 Å². The maximum absolute atomic E-state index is 4.81. The maximum Gasteiger partial charge on any atom is 0.137 e. The molecule has 6 aromatic rings. The molecular weight excluding hydrogens is 356 g/mol. The molecule has 2 aromatic carbocycles. The van der Waals surface area contributed by atoms with Gasteiger partial charge in [-0.25, -0.2) is 15.0 Å². The molecule has 0 unspecified atom stereocenters. The van der Waals surface area contributed by atoms with Gasteiger partial charge in [-0.2, -0.15) is 0 Å². The third kappa shape index (κ3) is 2.74. The molecule has 4 heterocycles. The highest BCUT2D eigenvalue weighted by Gasteiger charge is 2.09. The summed E-state index contributed by atoms with van der Waals surface area (Å²) in [7, 11) is 0. The molecule has 0 aliphatic heterocycles. The maximum atomic E-state index is 4.81. The van der Waals surface area contributed by atoms with E-state index < -0.39 is 0 Å². The minimum Gasteiger partial charge on any atom is -0.306 e. The number of hydrogen-bond acceptors (Lipinski definition) is 3. The zero-order chi connectivity index (χ0) is 19.2. The SMILES string of the molecule is c1ccc2nc(-c3ccc4nc(-c5ccc6ccccc6n5)cn4c3)ccc2c1. The van der Waals surface area contributed by atoms with Gasteiger partial charge in [-0.15, -0.1) is 0 Å². The number of fused-ring (bicyclic) bond motifs is 3. The summed E-state index contributed by atoms with van der Waals surface area (Å²) >= 11 is 0. The Hall–Kier alpha value is -4.05. The van der Waals surface area contributed by atoms with E-state index in [2.05, 4.69) is 42.6 Å². The number of aromatic nitrogens is 4. The minimum atomic E-state index is 0.861. The predicted octanol–water partition coefficient (Wildman–Crippen LogP) is 5.76. The number of nitrogens with zero attached hydrogens (tertiary/aromatic N) is 4. The van der Waals surface area contributed by atoms with Crippen LogP contribution in [0.4, 0.5) is 0 Å². The van der Waals surface area contributed by atoms with Crippen LogP contribution < -0.4 is 0 Å². The zero-order valence-corrected chi connectivity index (χ0v) is 15.5. The van der Waals surface area contributed by atoms with Crippen LogP contribution in [0.5, 0.6) is 0 Å². The van der Waals surface area contributed by atoms with Gasteiger partial charge in [-0.05, 0) is 36.4 Å². The highest BCUT2D eigenvalue weighted by Crippen LogP contribution is 2.24. The number of imidazole rings is 1. The lowest BCUT2D eigenvalue weighted by Crippen LogP contribution is -1.88. The molecular formula is C25H16N4. The average molecular weight is 372 g/mol. The first-order valence-electron chi connectivity index (χ1n) is 9.55. The van der Waals surface area contributed by atoms with Crippen LogP contribution in [-0.4, -0.2) is 19.4 Å². The van der Waals surface area contributed by atoms with Crippen LogP contribution in [-0.2, 0) is 0 Å². The van der Waals surface area contributed by atoms with Crippen LogP contribution in [0.15, 0.2) is 97.3 Å². The lowest BCUT2D eigenvalue weighted by molar-refractivity contribution is 1.18. The molecule has 0 atom stereocenters. The fraction of sp³-hybridized carbons (Fsp3) is 0. The van der Waals surface area contributed by atoms with Gasteiger partial charge in [-0.3, -0.25) is 0 Å². The van der Waals surface area contributed by atoms with Crippen molar-refractivity contribution < 1.29 is 0 Å². The lowest BCUT2D eigenvalue weighted by Gasteiger charge is -2.04. The van der Waals surface area contributed by atoms with Gasteiger partial charge in [0.1, 0.15) is 11.3 Å². The van der Waals surface area contributed by atoms with E-state index in [-0.39, 0.29) is 0 Å². The van der Waals surface area contributed by atoms with Crippen LogP contribution in [0, 0.1) is 0 Å². The Kier molecular flexibility index (Phi) is 3.43. The molecule has 4 nitrogen and oxygen atoms in total. The molecule has 136 valence electrons. The molecule has 0 radical (unpaired) electrons. The van der Waals surface area contributed by atoms with E-state index in [4.69, 9.17) is 15.0 Å². The zero-order valence-electron chi connectivity index (χ0n) is 15.5. The van der Waals surface area contributed by atoms with Crippen LogP contribution in [0.3, 0.4) is 0 Å². The molecule has 0 amide bonds. The van der Waals surface area contributed by atoms with E-state index in [0.29, 0.717) is 0 Å². The van der Waals surface area contributed by atoms with Gasteiger partial charge in [0.25, 0.3) is 0 Å². The fourth-order valence-electron chi connectivity index (χ4n) is 3.70. The summed E-state index contributed by atoms with van der Waals surface area (Å²) in [6.07, 6.45) is 4.10. The first-order valence-corrected chi connectivity index (χ1v) is 9.55. The van der Waals surface area contributed by atoms with Crippen molar-refractivity contribution in [2.24, 2.45) is 0 Å². The van der Waals surface area contributed by atoms with Crippen LogP contribution >= 0.6 is 0 Å². The van der Waals surface area contributed by atoms with E-state index in [1.165, 1.54) is 0 Å². The Balaban J connectivity index is 1.44.